The Labute approximate surface area is 292 Å². The predicted molar refractivity (Wildman–Crippen MR) is 198 cm³/mol. The number of anilines is 2. The van der Waals surface area contributed by atoms with Crippen molar-refractivity contribution in [1.82, 2.24) is 5.32 Å². The average molecular weight is 679 g/mol. The number of carbonyl (C=O) groups is 3. The first-order valence-electron chi connectivity index (χ1n) is 15.6. The molecule has 6 aromatic rings. The second-order valence-electron chi connectivity index (χ2n) is 11.2. The molecule has 0 radical (unpaired) electrons. The number of hydrogen-bond acceptors (Lipinski definition) is 6. The topological polar surface area (TPSA) is 130 Å². The van der Waals surface area contributed by atoms with Crippen molar-refractivity contribution in [2.75, 3.05) is 10.6 Å². The summed E-state index contributed by atoms with van der Waals surface area (Å²) >= 11 is 1.33. The standard InChI is InChI=1S/C40H30N4O5S/c45-38(30-13-5-2-6-14-30)43-36(24-27-18-22-34(23-19-27)44(48)49)39(46)41-32-16-9-17-35(26-32)50-37(29-11-3-1-4-12-29)40(47)42-33-21-20-28-10-7-8-15-31(28)25-33/h1-26,37H,(H,41,46)(H,42,47)(H,43,45)/b36-24+. The first-order chi connectivity index (χ1) is 24.3. The summed E-state index contributed by atoms with van der Waals surface area (Å²) in [5.41, 5.74) is 2.58. The summed E-state index contributed by atoms with van der Waals surface area (Å²) < 4.78 is 0. The fraction of sp³-hybridized carbons (Fsp3) is 0.0250. The molecule has 246 valence electrons. The molecule has 3 N–H and O–H groups in total. The van der Waals surface area contributed by atoms with Gasteiger partial charge in [0.2, 0.25) is 5.91 Å². The van der Waals surface area contributed by atoms with Crippen molar-refractivity contribution >= 4 is 63.4 Å². The molecule has 50 heavy (non-hydrogen) atoms. The molecule has 0 fully saturated rings. The van der Waals surface area contributed by atoms with E-state index in [0.717, 1.165) is 21.2 Å². The SMILES string of the molecule is O=C(Nc1cccc(SC(C(=O)Nc2ccc3ccccc3c2)c2ccccc2)c1)/C(=C\c1ccc([N+](=O)[O-])cc1)NC(=O)c1ccccc1. The predicted octanol–water partition coefficient (Wildman–Crippen LogP) is 8.63. The van der Waals surface area contributed by atoms with E-state index < -0.39 is 22.0 Å². The van der Waals surface area contributed by atoms with Crippen LogP contribution in [0.15, 0.2) is 162 Å². The third kappa shape index (κ3) is 8.49. The molecule has 6 rings (SSSR count). The summed E-state index contributed by atoms with van der Waals surface area (Å²) in [6, 6.07) is 44.3. The van der Waals surface area contributed by atoms with Gasteiger partial charge in [0, 0.05) is 34.0 Å². The Balaban J connectivity index is 1.23. The number of hydrogen-bond donors (Lipinski definition) is 3. The molecule has 1 unspecified atom stereocenters. The highest BCUT2D eigenvalue weighted by atomic mass is 32.2. The van der Waals surface area contributed by atoms with Crippen LogP contribution in [0.3, 0.4) is 0 Å². The Hall–Kier alpha value is -6.52. The Morgan fingerprint density at radius 2 is 1.32 bits per heavy atom. The van der Waals surface area contributed by atoms with Crippen LogP contribution in [0.5, 0.6) is 0 Å². The Bertz CT molecular complexity index is 2210. The third-order valence-electron chi connectivity index (χ3n) is 7.65. The summed E-state index contributed by atoms with van der Waals surface area (Å²) in [6.07, 6.45) is 1.45. The first-order valence-corrected chi connectivity index (χ1v) is 16.5. The van der Waals surface area contributed by atoms with Crippen molar-refractivity contribution in [2.24, 2.45) is 0 Å². The van der Waals surface area contributed by atoms with Crippen LogP contribution in [0.4, 0.5) is 17.1 Å². The van der Waals surface area contributed by atoms with Gasteiger partial charge in [0.05, 0.1) is 4.92 Å². The van der Waals surface area contributed by atoms with Gasteiger partial charge in [0.15, 0.2) is 0 Å². The number of non-ortho nitro benzene ring substituents is 1. The number of nitro benzene ring substituents is 1. The van der Waals surface area contributed by atoms with Gasteiger partial charge < -0.3 is 16.0 Å². The molecule has 6 aromatic carbocycles. The van der Waals surface area contributed by atoms with Crippen LogP contribution in [0.1, 0.15) is 26.7 Å². The third-order valence-corrected chi connectivity index (χ3v) is 8.90. The highest BCUT2D eigenvalue weighted by Gasteiger charge is 2.23. The van der Waals surface area contributed by atoms with E-state index in [1.165, 1.54) is 42.1 Å². The van der Waals surface area contributed by atoms with E-state index in [9.17, 15) is 24.5 Å². The van der Waals surface area contributed by atoms with Gasteiger partial charge >= 0.3 is 0 Å². The van der Waals surface area contributed by atoms with Crippen molar-refractivity contribution in [3.63, 3.8) is 0 Å². The molecular formula is C40H30N4O5S. The number of fused-ring (bicyclic) bond motifs is 1. The number of nitrogens with one attached hydrogen (secondary N) is 3. The monoisotopic (exact) mass is 678 g/mol. The Morgan fingerprint density at radius 3 is 2.04 bits per heavy atom. The van der Waals surface area contributed by atoms with E-state index in [0.29, 0.717) is 22.5 Å². The van der Waals surface area contributed by atoms with Gasteiger partial charge in [-0.2, -0.15) is 0 Å². The molecule has 0 saturated heterocycles. The van der Waals surface area contributed by atoms with Gasteiger partial charge in [-0.3, -0.25) is 24.5 Å². The maximum Gasteiger partial charge on any atom is 0.272 e. The van der Waals surface area contributed by atoms with Gasteiger partial charge in [-0.15, -0.1) is 11.8 Å². The molecule has 0 aliphatic heterocycles. The van der Waals surface area contributed by atoms with Gasteiger partial charge in [-0.1, -0.05) is 84.9 Å². The van der Waals surface area contributed by atoms with Gasteiger partial charge in [-0.25, -0.2) is 0 Å². The van der Waals surface area contributed by atoms with Crippen LogP contribution in [-0.2, 0) is 9.59 Å². The lowest BCUT2D eigenvalue weighted by Crippen LogP contribution is -2.30. The second kappa shape index (κ2) is 15.6. The normalized spacial score (nSPS) is 11.7. The van der Waals surface area contributed by atoms with E-state index in [4.69, 9.17) is 0 Å². The molecule has 0 heterocycles. The molecule has 1 atom stereocenters. The summed E-state index contributed by atoms with van der Waals surface area (Å²) in [7, 11) is 0. The fourth-order valence-corrected chi connectivity index (χ4v) is 6.24. The average Bonchev–Trinajstić information content (AvgIpc) is 3.14. The molecule has 9 nitrogen and oxygen atoms in total. The van der Waals surface area contributed by atoms with Crippen LogP contribution in [0.25, 0.3) is 16.8 Å². The van der Waals surface area contributed by atoms with Crippen molar-refractivity contribution in [3.05, 3.63) is 184 Å². The van der Waals surface area contributed by atoms with Crippen molar-refractivity contribution in [2.45, 2.75) is 10.1 Å². The Kier molecular flexibility index (Phi) is 10.4. The van der Waals surface area contributed by atoms with Crippen molar-refractivity contribution in [3.8, 4) is 0 Å². The number of benzene rings is 6. The van der Waals surface area contributed by atoms with Crippen LogP contribution >= 0.6 is 11.8 Å². The minimum Gasteiger partial charge on any atom is -0.325 e. The molecular weight excluding hydrogens is 649 g/mol. The van der Waals surface area contributed by atoms with Crippen LogP contribution in [-0.4, -0.2) is 22.6 Å². The fourth-order valence-electron chi connectivity index (χ4n) is 5.16. The smallest absolute Gasteiger partial charge is 0.272 e. The van der Waals surface area contributed by atoms with Crippen molar-refractivity contribution < 1.29 is 19.3 Å². The zero-order valence-corrected chi connectivity index (χ0v) is 27.3. The highest BCUT2D eigenvalue weighted by molar-refractivity contribution is 8.00. The minimum absolute atomic E-state index is 0.0670. The molecule has 0 bridgehead atoms. The first kappa shape index (κ1) is 33.4. The van der Waals surface area contributed by atoms with E-state index >= 15 is 0 Å². The van der Waals surface area contributed by atoms with Gasteiger partial charge in [-0.05, 0) is 82.6 Å². The Morgan fingerprint density at radius 1 is 0.660 bits per heavy atom. The lowest BCUT2D eigenvalue weighted by Gasteiger charge is -2.18. The van der Waals surface area contributed by atoms with Crippen LogP contribution < -0.4 is 16.0 Å². The summed E-state index contributed by atoms with van der Waals surface area (Å²) in [5, 5.41) is 21.2. The van der Waals surface area contributed by atoms with Crippen LogP contribution in [0, 0.1) is 10.1 Å². The van der Waals surface area contributed by atoms with E-state index in [1.54, 1.807) is 48.5 Å². The van der Waals surface area contributed by atoms with E-state index in [1.807, 2.05) is 78.9 Å². The van der Waals surface area contributed by atoms with Gasteiger partial charge in [0.25, 0.3) is 17.5 Å². The maximum absolute atomic E-state index is 13.8. The van der Waals surface area contributed by atoms with E-state index in [2.05, 4.69) is 16.0 Å². The lowest BCUT2D eigenvalue weighted by molar-refractivity contribution is -0.384. The molecule has 0 aliphatic carbocycles. The molecule has 0 aromatic heterocycles. The van der Waals surface area contributed by atoms with Crippen molar-refractivity contribution in [1.29, 1.82) is 0 Å². The molecule has 3 amide bonds. The number of amides is 3. The largest absolute Gasteiger partial charge is 0.325 e. The molecule has 0 saturated carbocycles. The maximum atomic E-state index is 13.8. The van der Waals surface area contributed by atoms with E-state index in [-0.39, 0.29) is 17.3 Å². The number of nitrogens with zero attached hydrogens (tertiary/aromatic N) is 1. The number of rotatable bonds is 11. The number of thioether (sulfide) groups is 1. The second-order valence-corrected chi connectivity index (χ2v) is 12.3. The minimum atomic E-state index is -0.614. The summed E-state index contributed by atoms with van der Waals surface area (Å²) in [4.78, 5) is 51.8. The van der Waals surface area contributed by atoms with Crippen LogP contribution in [0.2, 0.25) is 0 Å². The molecule has 0 aliphatic rings. The zero-order chi connectivity index (χ0) is 34.9. The lowest BCUT2D eigenvalue weighted by atomic mass is 10.1. The zero-order valence-electron chi connectivity index (χ0n) is 26.5. The number of carbonyl (C=O) groups excluding carboxylic acids is 3. The quantitative estimate of drug-likeness (QED) is 0.0544. The molecule has 0 spiro atoms. The number of nitro groups is 1. The summed E-state index contributed by atoms with van der Waals surface area (Å²) in [5.74, 6) is -1.31. The van der Waals surface area contributed by atoms with Gasteiger partial charge in [0.1, 0.15) is 10.9 Å². The summed E-state index contributed by atoms with van der Waals surface area (Å²) in [6.45, 7) is 0. The molecule has 10 heteroatoms. The highest BCUT2D eigenvalue weighted by Crippen LogP contribution is 2.37.